The number of pyridine rings is 1. The summed E-state index contributed by atoms with van der Waals surface area (Å²) < 4.78 is 0. The smallest absolute Gasteiger partial charge is 0.256 e. The molecule has 0 atom stereocenters. The van der Waals surface area contributed by atoms with Gasteiger partial charge < -0.3 is 5.32 Å². The number of anilines is 1. The summed E-state index contributed by atoms with van der Waals surface area (Å²) in [6.07, 6.45) is 3.25. The van der Waals surface area contributed by atoms with Gasteiger partial charge in [0.1, 0.15) is 0 Å². The summed E-state index contributed by atoms with van der Waals surface area (Å²) >= 11 is 5.97. The quantitative estimate of drug-likeness (QED) is 0.884. The first-order valence-electron chi connectivity index (χ1n) is 5.15. The molecule has 0 spiro atoms. The molecule has 0 bridgehead atoms. The first-order chi connectivity index (χ1) is 8.18. The molecule has 3 nitrogen and oxygen atoms in total. The third-order valence-corrected chi connectivity index (χ3v) is 2.72. The van der Waals surface area contributed by atoms with Crippen molar-refractivity contribution in [1.82, 2.24) is 4.98 Å². The van der Waals surface area contributed by atoms with Gasteiger partial charge in [0.15, 0.2) is 0 Å². The second kappa shape index (κ2) is 4.97. The highest BCUT2D eigenvalue weighted by Gasteiger charge is 2.10. The Labute approximate surface area is 104 Å². The van der Waals surface area contributed by atoms with Gasteiger partial charge >= 0.3 is 0 Å². The Balaban J connectivity index is 2.24. The van der Waals surface area contributed by atoms with Crippen LogP contribution in [0.15, 0.2) is 42.7 Å². The van der Waals surface area contributed by atoms with Crippen LogP contribution in [0.3, 0.4) is 0 Å². The van der Waals surface area contributed by atoms with E-state index in [-0.39, 0.29) is 5.91 Å². The number of carbonyl (C=O) groups is 1. The highest BCUT2D eigenvalue weighted by Crippen LogP contribution is 2.21. The Hall–Kier alpha value is -1.87. The fraction of sp³-hybridized carbons (Fsp3) is 0.0769. The van der Waals surface area contributed by atoms with Crippen molar-refractivity contribution in [2.45, 2.75) is 6.92 Å². The molecule has 1 aromatic carbocycles. The lowest BCUT2D eigenvalue weighted by molar-refractivity contribution is 0.102. The molecule has 0 unspecified atom stereocenters. The van der Waals surface area contributed by atoms with Gasteiger partial charge in [0.05, 0.1) is 10.7 Å². The van der Waals surface area contributed by atoms with Crippen molar-refractivity contribution in [3.63, 3.8) is 0 Å². The van der Waals surface area contributed by atoms with E-state index < -0.39 is 0 Å². The van der Waals surface area contributed by atoms with Crippen LogP contribution in [0.4, 0.5) is 5.69 Å². The molecule has 86 valence electrons. The van der Waals surface area contributed by atoms with Crippen LogP contribution in [-0.4, -0.2) is 10.9 Å². The number of aromatic nitrogens is 1. The van der Waals surface area contributed by atoms with Gasteiger partial charge in [-0.3, -0.25) is 9.78 Å². The number of nitrogens with one attached hydrogen (secondary N) is 1. The van der Waals surface area contributed by atoms with Gasteiger partial charge in [-0.25, -0.2) is 0 Å². The molecule has 0 fully saturated rings. The van der Waals surface area contributed by atoms with Gasteiger partial charge in [0.25, 0.3) is 5.91 Å². The van der Waals surface area contributed by atoms with Gasteiger partial charge in [0.2, 0.25) is 0 Å². The number of amides is 1. The molecule has 1 heterocycles. The van der Waals surface area contributed by atoms with Crippen molar-refractivity contribution in [2.24, 2.45) is 0 Å². The van der Waals surface area contributed by atoms with E-state index >= 15 is 0 Å². The van der Waals surface area contributed by atoms with Crippen molar-refractivity contribution >= 4 is 23.2 Å². The lowest BCUT2D eigenvalue weighted by atomic mass is 10.1. The van der Waals surface area contributed by atoms with Crippen molar-refractivity contribution < 1.29 is 4.79 Å². The standard InChI is InChI=1S/C13H11ClN2O/c1-9-8-15-7-6-10(9)13(17)16-12-5-3-2-4-11(12)14/h2-8H,1H3,(H,16,17). The molecule has 4 heteroatoms. The van der Waals surface area contributed by atoms with E-state index in [1.807, 2.05) is 19.1 Å². The van der Waals surface area contributed by atoms with Crippen LogP contribution in [0.5, 0.6) is 0 Å². The van der Waals surface area contributed by atoms with Crippen LogP contribution >= 0.6 is 11.6 Å². The second-order valence-electron chi connectivity index (χ2n) is 3.62. The zero-order valence-corrected chi connectivity index (χ0v) is 10.0. The summed E-state index contributed by atoms with van der Waals surface area (Å²) in [4.78, 5) is 15.9. The minimum atomic E-state index is -0.182. The normalized spacial score (nSPS) is 10.0. The molecule has 0 aliphatic carbocycles. The zero-order chi connectivity index (χ0) is 12.3. The zero-order valence-electron chi connectivity index (χ0n) is 9.27. The van der Waals surface area contributed by atoms with Gasteiger partial charge in [-0.2, -0.15) is 0 Å². The van der Waals surface area contributed by atoms with Crippen LogP contribution in [0, 0.1) is 6.92 Å². The number of hydrogen-bond donors (Lipinski definition) is 1. The average Bonchev–Trinajstić information content (AvgIpc) is 2.32. The number of para-hydroxylation sites is 1. The SMILES string of the molecule is Cc1cnccc1C(=O)Nc1ccccc1Cl. The van der Waals surface area contributed by atoms with E-state index in [0.717, 1.165) is 5.56 Å². The summed E-state index contributed by atoms with van der Waals surface area (Å²) in [5.41, 5.74) is 2.03. The van der Waals surface area contributed by atoms with E-state index in [0.29, 0.717) is 16.3 Å². The lowest BCUT2D eigenvalue weighted by Gasteiger charge is -2.08. The number of aryl methyl sites for hydroxylation is 1. The van der Waals surface area contributed by atoms with Gasteiger partial charge in [-0.05, 0) is 30.7 Å². The van der Waals surface area contributed by atoms with E-state index in [1.165, 1.54) is 0 Å². The van der Waals surface area contributed by atoms with Crippen molar-refractivity contribution in [1.29, 1.82) is 0 Å². The molecule has 17 heavy (non-hydrogen) atoms. The van der Waals surface area contributed by atoms with Gasteiger partial charge in [-0.1, -0.05) is 23.7 Å². The van der Waals surface area contributed by atoms with Crippen molar-refractivity contribution in [2.75, 3.05) is 5.32 Å². The monoisotopic (exact) mass is 246 g/mol. The number of hydrogen-bond acceptors (Lipinski definition) is 2. The highest BCUT2D eigenvalue weighted by atomic mass is 35.5. The van der Waals surface area contributed by atoms with Crippen molar-refractivity contribution in [3.8, 4) is 0 Å². The Morgan fingerprint density at radius 3 is 2.76 bits per heavy atom. The lowest BCUT2D eigenvalue weighted by Crippen LogP contribution is -2.13. The molecule has 0 aliphatic heterocycles. The predicted octanol–water partition coefficient (Wildman–Crippen LogP) is 3.30. The summed E-state index contributed by atoms with van der Waals surface area (Å²) in [5.74, 6) is -0.182. The van der Waals surface area contributed by atoms with Crippen LogP contribution in [0.1, 0.15) is 15.9 Å². The summed E-state index contributed by atoms with van der Waals surface area (Å²) in [7, 11) is 0. The maximum Gasteiger partial charge on any atom is 0.256 e. The van der Waals surface area contributed by atoms with E-state index in [9.17, 15) is 4.79 Å². The number of carbonyl (C=O) groups excluding carboxylic acids is 1. The largest absolute Gasteiger partial charge is 0.321 e. The fourth-order valence-corrected chi connectivity index (χ4v) is 1.66. The minimum absolute atomic E-state index is 0.182. The van der Waals surface area contributed by atoms with Gasteiger partial charge in [0, 0.05) is 18.0 Å². The molecule has 0 saturated carbocycles. The third kappa shape index (κ3) is 2.63. The Morgan fingerprint density at radius 1 is 1.29 bits per heavy atom. The van der Waals surface area contributed by atoms with Crippen molar-refractivity contribution in [3.05, 3.63) is 58.9 Å². The van der Waals surface area contributed by atoms with E-state index in [2.05, 4.69) is 10.3 Å². The molecular formula is C13H11ClN2O. The molecule has 0 saturated heterocycles. The summed E-state index contributed by atoms with van der Waals surface area (Å²) in [6, 6.07) is 8.81. The second-order valence-corrected chi connectivity index (χ2v) is 4.03. The van der Waals surface area contributed by atoms with Crippen LogP contribution in [-0.2, 0) is 0 Å². The molecular weight excluding hydrogens is 236 g/mol. The number of benzene rings is 1. The molecule has 1 amide bonds. The molecule has 1 aromatic heterocycles. The molecule has 0 aliphatic rings. The summed E-state index contributed by atoms with van der Waals surface area (Å²) in [5, 5.41) is 3.29. The third-order valence-electron chi connectivity index (χ3n) is 2.39. The van der Waals surface area contributed by atoms with Crippen LogP contribution in [0.2, 0.25) is 5.02 Å². The molecule has 2 rings (SSSR count). The number of halogens is 1. The van der Waals surface area contributed by atoms with Gasteiger partial charge in [-0.15, -0.1) is 0 Å². The van der Waals surface area contributed by atoms with Crippen LogP contribution < -0.4 is 5.32 Å². The average molecular weight is 247 g/mol. The minimum Gasteiger partial charge on any atom is -0.321 e. The highest BCUT2D eigenvalue weighted by molar-refractivity contribution is 6.33. The number of rotatable bonds is 2. The van der Waals surface area contributed by atoms with E-state index in [1.54, 1.807) is 30.6 Å². The van der Waals surface area contributed by atoms with Crippen LogP contribution in [0.25, 0.3) is 0 Å². The fourth-order valence-electron chi connectivity index (χ4n) is 1.48. The molecule has 2 aromatic rings. The molecule has 1 N–H and O–H groups in total. The summed E-state index contributed by atoms with van der Waals surface area (Å²) in [6.45, 7) is 1.84. The Bertz CT molecular complexity index is 555. The number of nitrogens with zero attached hydrogens (tertiary/aromatic N) is 1. The maximum absolute atomic E-state index is 12.0. The first kappa shape index (κ1) is 11.6. The maximum atomic E-state index is 12.0. The molecule has 0 radical (unpaired) electrons. The Morgan fingerprint density at radius 2 is 2.06 bits per heavy atom. The topological polar surface area (TPSA) is 42.0 Å². The Kier molecular flexibility index (Phi) is 3.40. The predicted molar refractivity (Wildman–Crippen MR) is 68.4 cm³/mol. The van der Waals surface area contributed by atoms with E-state index in [4.69, 9.17) is 11.6 Å². The first-order valence-corrected chi connectivity index (χ1v) is 5.53.